The summed E-state index contributed by atoms with van der Waals surface area (Å²) in [6.45, 7) is 4.01. The van der Waals surface area contributed by atoms with Crippen LogP contribution in [0, 0.1) is 0 Å². The van der Waals surface area contributed by atoms with Crippen molar-refractivity contribution < 1.29 is 19.0 Å². The number of fused-ring (bicyclic) bond motifs is 1. The molecule has 1 aliphatic rings. The lowest BCUT2D eigenvalue weighted by Gasteiger charge is -2.26. The van der Waals surface area contributed by atoms with Crippen molar-refractivity contribution in [2.24, 2.45) is 4.99 Å². The Hall–Kier alpha value is -3.17. The SMILES string of the molecule is CCCC1=C(C(=O)OCC)C(c2ccccc2OC)n2c(s/c(=C\c3ccc(OC)c(Br)c3)c2=O)=N1. The first-order valence-corrected chi connectivity index (χ1v) is 13.2. The number of para-hydroxylation sites is 1. The van der Waals surface area contributed by atoms with Gasteiger partial charge in [-0.2, -0.15) is 0 Å². The van der Waals surface area contributed by atoms with E-state index in [4.69, 9.17) is 19.2 Å². The van der Waals surface area contributed by atoms with Crippen molar-refractivity contribution in [2.45, 2.75) is 32.7 Å². The number of nitrogens with zero attached hydrogens (tertiary/aromatic N) is 2. The monoisotopic (exact) mass is 570 g/mol. The van der Waals surface area contributed by atoms with Gasteiger partial charge in [0.1, 0.15) is 17.5 Å². The third-order valence-corrected chi connectivity index (χ3v) is 7.40. The molecule has 2 heterocycles. The fourth-order valence-corrected chi connectivity index (χ4v) is 5.81. The topological polar surface area (TPSA) is 79.1 Å². The number of thiazole rings is 1. The maximum atomic E-state index is 13.8. The number of rotatable bonds is 8. The van der Waals surface area contributed by atoms with Crippen LogP contribution in [0.2, 0.25) is 0 Å². The number of hydrogen-bond donors (Lipinski definition) is 0. The Morgan fingerprint density at radius 1 is 1.14 bits per heavy atom. The second kappa shape index (κ2) is 11.3. The van der Waals surface area contributed by atoms with Crippen LogP contribution in [0.15, 0.2) is 68.0 Å². The molecular weight excluding hydrogens is 544 g/mol. The number of benzene rings is 2. The van der Waals surface area contributed by atoms with Gasteiger partial charge in [0.05, 0.1) is 41.1 Å². The molecule has 0 spiro atoms. The van der Waals surface area contributed by atoms with Gasteiger partial charge in [0.15, 0.2) is 4.80 Å². The largest absolute Gasteiger partial charge is 0.496 e. The lowest BCUT2D eigenvalue weighted by atomic mass is 9.93. The first kappa shape index (κ1) is 25.9. The lowest BCUT2D eigenvalue weighted by molar-refractivity contribution is -0.139. The molecule has 0 radical (unpaired) electrons. The van der Waals surface area contributed by atoms with Gasteiger partial charge in [-0.25, -0.2) is 9.79 Å². The van der Waals surface area contributed by atoms with Crippen LogP contribution in [0.4, 0.5) is 0 Å². The maximum absolute atomic E-state index is 13.8. The van der Waals surface area contributed by atoms with Crippen LogP contribution in [0.25, 0.3) is 6.08 Å². The van der Waals surface area contributed by atoms with Gasteiger partial charge in [0.25, 0.3) is 5.56 Å². The summed E-state index contributed by atoms with van der Waals surface area (Å²) in [7, 11) is 3.18. The molecule has 0 fully saturated rings. The Morgan fingerprint density at radius 3 is 2.56 bits per heavy atom. The second-order valence-corrected chi connectivity index (χ2v) is 9.91. The minimum absolute atomic E-state index is 0.219. The van der Waals surface area contributed by atoms with Gasteiger partial charge in [-0.05, 0) is 59.1 Å². The van der Waals surface area contributed by atoms with Crippen molar-refractivity contribution in [3.63, 3.8) is 0 Å². The Kier molecular flexibility index (Phi) is 8.11. The van der Waals surface area contributed by atoms with Crippen molar-refractivity contribution in [1.29, 1.82) is 0 Å². The zero-order chi connectivity index (χ0) is 25.8. The molecule has 0 amide bonds. The molecule has 0 N–H and O–H groups in total. The highest BCUT2D eigenvalue weighted by Crippen LogP contribution is 2.36. The van der Waals surface area contributed by atoms with E-state index in [0.29, 0.717) is 44.1 Å². The molecule has 0 aliphatic carbocycles. The van der Waals surface area contributed by atoms with Crippen LogP contribution in [-0.2, 0) is 9.53 Å². The predicted molar refractivity (Wildman–Crippen MR) is 143 cm³/mol. The summed E-state index contributed by atoms with van der Waals surface area (Å²) in [5, 5.41) is 0. The zero-order valence-corrected chi connectivity index (χ0v) is 22.9. The van der Waals surface area contributed by atoms with Gasteiger partial charge in [-0.15, -0.1) is 0 Å². The molecule has 0 bridgehead atoms. The fourth-order valence-electron chi connectivity index (χ4n) is 4.23. The van der Waals surface area contributed by atoms with Crippen LogP contribution in [0.3, 0.4) is 0 Å². The Morgan fingerprint density at radius 2 is 1.89 bits per heavy atom. The number of ether oxygens (including phenoxy) is 3. The number of allylic oxidation sites excluding steroid dienone is 1. The molecule has 3 aromatic rings. The molecule has 1 aromatic heterocycles. The lowest BCUT2D eigenvalue weighted by Crippen LogP contribution is -2.40. The van der Waals surface area contributed by atoms with Gasteiger partial charge in [0.2, 0.25) is 0 Å². The summed E-state index contributed by atoms with van der Waals surface area (Å²) in [5.41, 5.74) is 2.30. The third-order valence-electron chi connectivity index (χ3n) is 5.80. The second-order valence-electron chi connectivity index (χ2n) is 8.05. The van der Waals surface area contributed by atoms with Crippen LogP contribution >= 0.6 is 27.3 Å². The van der Waals surface area contributed by atoms with E-state index in [2.05, 4.69) is 15.9 Å². The average Bonchev–Trinajstić information content (AvgIpc) is 3.18. The summed E-state index contributed by atoms with van der Waals surface area (Å²) >= 11 is 4.80. The number of methoxy groups -OCH3 is 2. The molecule has 1 aliphatic heterocycles. The van der Waals surface area contributed by atoms with Crippen LogP contribution < -0.4 is 24.4 Å². The van der Waals surface area contributed by atoms with E-state index in [-0.39, 0.29) is 12.2 Å². The van der Waals surface area contributed by atoms with Gasteiger partial charge in [0, 0.05) is 5.56 Å². The molecule has 4 rings (SSSR count). The van der Waals surface area contributed by atoms with E-state index >= 15 is 0 Å². The number of carbonyl (C=O) groups is 1. The highest BCUT2D eigenvalue weighted by Gasteiger charge is 2.35. The average molecular weight is 571 g/mol. The minimum atomic E-state index is -0.720. The number of hydrogen-bond acceptors (Lipinski definition) is 7. The van der Waals surface area contributed by atoms with Crippen LogP contribution in [0.1, 0.15) is 43.9 Å². The summed E-state index contributed by atoms with van der Waals surface area (Å²) < 4.78 is 19.3. The smallest absolute Gasteiger partial charge is 0.338 e. The standard InChI is InChI=1S/C27H27BrN2O5S/c1-5-9-19-23(26(32)35-6-2)24(17-10-7-8-11-20(17)33-3)30-25(31)22(36-27(30)29-19)15-16-12-13-21(34-4)18(28)14-16/h7-8,10-15,24H,5-6,9H2,1-4H3/b22-15-. The Labute approximate surface area is 221 Å². The highest BCUT2D eigenvalue weighted by molar-refractivity contribution is 9.10. The van der Waals surface area contributed by atoms with E-state index in [1.54, 1.807) is 25.7 Å². The summed E-state index contributed by atoms with van der Waals surface area (Å²) in [6, 6.07) is 12.3. The normalized spacial score (nSPS) is 15.4. The van der Waals surface area contributed by atoms with E-state index in [9.17, 15) is 9.59 Å². The van der Waals surface area contributed by atoms with Crippen molar-refractivity contribution in [2.75, 3.05) is 20.8 Å². The molecule has 0 saturated carbocycles. The molecule has 1 atom stereocenters. The molecule has 2 aromatic carbocycles. The maximum Gasteiger partial charge on any atom is 0.338 e. The van der Waals surface area contributed by atoms with Crippen LogP contribution in [0.5, 0.6) is 11.5 Å². The van der Waals surface area contributed by atoms with E-state index < -0.39 is 12.0 Å². The quantitative estimate of drug-likeness (QED) is 0.376. The molecule has 0 saturated heterocycles. The number of esters is 1. The molecule has 36 heavy (non-hydrogen) atoms. The van der Waals surface area contributed by atoms with Crippen molar-refractivity contribution in [1.82, 2.24) is 4.57 Å². The van der Waals surface area contributed by atoms with E-state index in [0.717, 1.165) is 16.5 Å². The molecular formula is C27H27BrN2O5S. The Bertz CT molecular complexity index is 1510. The van der Waals surface area contributed by atoms with Gasteiger partial charge in [-0.1, -0.05) is 48.9 Å². The predicted octanol–water partition coefficient (Wildman–Crippen LogP) is 4.36. The minimum Gasteiger partial charge on any atom is -0.496 e. The molecule has 7 nitrogen and oxygen atoms in total. The third kappa shape index (κ3) is 4.90. The number of carbonyl (C=O) groups excluding carboxylic acids is 1. The van der Waals surface area contributed by atoms with Crippen molar-refractivity contribution in [3.8, 4) is 11.5 Å². The van der Waals surface area contributed by atoms with Gasteiger partial charge in [-0.3, -0.25) is 9.36 Å². The van der Waals surface area contributed by atoms with Crippen molar-refractivity contribution >= 4 is 39.3 Å². The summed E-state index contributed by atoms with van der Waals surface area (Å²) in [4.78, 5) is 32.4. The summed E-state index contributed by atoms with van der Waals surface area (Å²) in [5.74, 6) is 0.803. The van der Waals surface area contributed by atoms with Gasteiger partial charge < -0.3 is 14.2 Å². The Balaban J connectivity index is 2.00. The highest BCUT2D eigenvalue weighted by atomic mass is 79.9. The fraction of sp³-hybridized carbons (Fsp3) is 0.296. The number of halogens is 1. The first-order chi connectivity index (χ1) is 17.4. The van der Waals surface area contributed by atoms with Crippen LogP contribution in [-0.4, -0.2) is 31.4 Å². The zero-order valence-electron chi connectivity index (χ0n) is 20.5. The molecule has 188 valence electrons. The van der Waals surface area contributed by atoms with E-state index in [1.807, 2.05) is 55.5 Å². The molecule has 9 heteroatoms. The summed E-state index contributed by atoms with van der Waals surface area (Å²) in [6.07, 6.45) is 3.19. The van der Waals surface area contributed by atoms with Gasteiger partial charge >= 0.3 is 5.97 Å². The van der Waals surface area contributed by atoms with E-state index in [1.165, 1.54) is 11.3 Å². The molecule has 1 unspecified atom stereocenters. The number of aromatic nitrogens is 1. The first-order valence-electron chi connectivity index (χ1n) is 11.6. The van der Waals surface area contributed by atoms with Crippen molar-refractivity contribution in [3.05, 3.63) is 89.0 Å².